The Morgan fingerprint density at radius 3 is 2.42 bits per heavy atom. The quantitative estimate of drug-likeness (QED) is 0.268. The molecule has 0 saturated carbocycles. The van der Waals surface area contributed by atoms with Crippen LogP contribution in [0.25, 0.3) is 10.8 Å². The van der Waals surface area contributed by atoms with Crippen LogP contribution in [0.5, 0.6) is 17.2 Å². The highest BCUT2D eigenvalue weighted by molar-refractivity contribution is 5.97. The van der Waals surface area contributed by atoms with Crippen molar-refractivity contribution < 1.29 is 24.2 Å². The summed E-state index contributed by atoms with van der Waals surface area (Å²) in [6, 6.07) is 26.5. The highest BCUT2D eigenvalue weighted by Crippen LogP contribution is 2.29. The molecule has 6 nitrogen and oxygen atoms in total. The Labute approximate surface area is 210 Å². The van der Waals surface area contributed by atoms with Crippen LogP contribution in [-0.4, -0.2) is 24.1 Å². The number of rotatable bonds is 10. The second-order valence-electron chi connectivity index (χ2n) is 8.61. The molecule has 1 amide bonds. The van der Waals surface area contributed by atoms with Crippen molar-refractivity contribution in [2.75, 3.05) is 7.11 Å². The number of nitrogens with one attached hydrogen (secondary N) is 1. The summed E-state index contributed by atoms with van der Waals surface area (Å²) >= 11 is 0. The summed E-state index contributed by atoms with van der Waals surface area (Å²) in [6.07, 6.45) is 0.942. The topological polar surface area (TPSA) is 84.9 Å². The lowest BCUT2D eigenvalue weighted by Crippen LogP contribution is -2.27. The van der Waals surface area contributed by atoms with E-state index in [4.69, 9.17) is 14.6 Å². The Bertz CT molecular complexity index is 1380. The third-order valence-corrected chi connectivity index (χ3v) is 6.08. The zero-order valence-corrected chi connectivity index (χ0v) is 20.4. The van der Waals surface area contributed by atoms with Gasteiger partial charge in [0.2, 0.25) is 0 Å². The number of carbonyl (C=O) groups is 2. The minimum atomic E-state index is -0.858. The number of aryl methyl sites for hydroxylation is 1. The molecule has 0 aliphatic heterocycles. The van der Waals surface area contributed by atoms with Gasteiger partial charge < -0.3 is 19.9 Å². The van der Waals surface area contributed by atoms with Crippen molar-refractivity contribution in [3.8, 4) is 17.2 Å². The van der Waals surface area contributed by atoms with Crippen LogP contribution in [0, 0.1) is 0 Å². The van der Waals surface area contributed by atoms with Crippen LogP contribution in [0.15, 0.2) is 84.9 Å². The minimum Gasteiger partial charge on any atom is -0.497 e. The van der Waals surface area contributed by atoms with Crippen LogP contribution in [0.1, 0.15) is 47.3 Å². The normalized spacial score (nSPS) is 11.6. The fourth-order valence-electron chi connectivity index (χ4n) is 4.26. The molecule has 0 bridgehead atoms. The first-order chi connectivity index (χ1) is 17.4. The molecule has 0 aromatic heterocycles. The summed E-state index contributed by atoms with van der Waals surface area (Å²) in [5, 5.41) is 14.4. The van der Waals surface area contributed by atoms with E-state index >= 15 is 0 Å². The monoisotopic (exact) mass is 483 g/mol. The molecule has 6 heteroatoms. The van der Waals surface area contributed by atoms with E-state index in [1.165, 1.54) is 0 Å². The highest BCUT2D eigenvalue weighted by Gasteiger charge is 2.18. The summed E-state index contributed by atoms with van der Waals surface area (Å²) in [5.41, 5.74) is 2.27. The van der Waals surface area contributed by atoms with E-state index in [2.05, 4.69) is 5.32 Å². The molecule has 36 heavy (non-hydrogen) atoms. The molecule has 4 rings (SSSR count). The van der Waals surface area contributed by atoms with E-state index in [9.17, 15) is 9.59 Å². The Morgan fingerprint density at radius 1 is 0.889 bits per heavy atom. The van der Waals surface area contributed by atoms with Crippen LogP contribution in [0.4, 0.5) is 0 Å². The Balaban J connectivity index is 1.60. The number of carbonyl (C=O) groups excluding carboxylic acids is 1. The first kappa shape index (κ1) is 24.8. The Kier molecular flexibility index (Phi) is 7.85. The van der Waals surface area contributed by atoms with E-state index in [0.717, 1.165) is 21.9 Å². The summed E-state index contributed by atoms with van der Waals surface area (Å²) < 4.78 is 11.3. The first-order valence-corrected chi connectivity index (χ1v) is 11.9. The number of carboxylic acid groups (broad SMARTS) is 1. The SMILES string of the molecule is COc1cccc(Oc2ccc(CCCC(=O)O)c(C(=O)N[C@H](C)c3cccc4ccccc34)c2)c1. The molecule has 4 aromatic carbocycles. The lowest BCUT2D eigenvalue weighted by molar-refractivity contribution is -0.137. The van der Waals surface area contributed by atoms with Gasteiger partial charge in [-0.25, -0.2) is 0 Å². The van der Waals surface area contributed by atoms with Crippen LogP contribution >= 0.6 is 0 Å². The molecule has 1 atom stereocenters. The maximum Gasteiger partial charge on any atom is 0.303 e. The largest absolute Gasteiger partial charge is 0.497 e. The molecular weight excluding hydrogens is 454 g/mol. The van der Waals surface area contributed by atoms with Crippen molar-refractivity contribution in [1.82, 2.24) is 5.32 Å². The zero-order valence-electron chi connectivity index (χ0n) is 20.4. The lowest BCUT2D eigenvalue weighted by Gasteiger charge is -2.19. The van der Waals surface area contributed by atoms with Crippen molar-refractivity contribution in [1.29, 1.82) is 0 Å². The van der Waals surface area contributed by atoms with E-state index in [0.29, 0.717) is 35.7 Å². The van der Waals surface area contributed by atoms with E-state index in [1.54, 1.807) is 25.3 Å². The summed E-state index contributed by atoms with van der Waals surface area (Å²) in [5.74, 6) is 0.664. The molecular formula is C30H29NO5. The smallest absolute Gasteiger partial charge is 0.303 e. The molecule has 0 aliphatic carbocycles. The Hall–Kier alpha value is -4.32. The van der Waals surface area contributed by atoms with Crippen molar-refractivity contribution in [3.63, 3.8) is 0 Å². The van der Waals surface area contributed by atoms with Crippen molar-refractivity contribution in [3.05, 3.63) is 102 Å². The number of fused-ring (bicyclic) bond motifs is 1. The lowest BCUT2D eigenvalue weighted by atomic mass is 9.98. The Morgan fingerprint density at radius 2 is 1.61 bits per heavy atom. The molecule has 0 fully saturated rings. The average molecular weight is 484 g/mol. The number of aliphatic carboxylic acids is 1. The summed E-state index contributed by atoms with van der Waals surface area (Å²) in [6.45, 7) is 1.96. The van der Waals surface area contributed by atoms with Gasteiger partial charge in [-0.3, -0.25) is 9.59 Å². The molecule has 0 heterocycles. The highest BCUT2D eigenvalue weighted by atomic mass is 16.5. The predicted octanol–water partition coefficient (Wildman–Crippen LogP) is 6.54. The van der Waals surface area contributed by atoms with Crippen LogP contribution in [0.2, 0.25) is 0 Å². The zero-order chi connectivity index (χ0) is 25.5. The third kappa shape index (κ3) is 6.02. The summed E-state index contributed by atoms with van der Waals surface area (Å²) in [7, 11) is 1.59. The number of carboxylic acids is 1. The molecule has 0 unspecified atom stereocenters. The van der Waals surface area contributed by atoms with Gasteiger partial charge in [0.25, 0.3) is 5.91 Å². The second-order valence-corrected chi connectivity index (χ2v) is 8.61. The van der Waals surface area contributed by atoms with Gasteiger partial charge in [-0.1, -0.05) is 54.6 Å². The van der Waals surface area contributed by atoms with Gasteiger partial charge in [-0.2, -0.15) is 0 Å². The molecule has 184 valence electrons. The number of hydrogen-bond donors (Lipinski definition) is 2. The number of hydrogen-bond acceptors (Lipinski definition) is 4. The van der Waals surface area contributed by atoms with Crippen molar-refractivity contribution >= 4 is 22.6 Å². The van der Waals surface area contributed by atoms with Crippen molar-refractivity contribution in [2.24, 2.45) is 0 Å². The maximum atomic E-state index is 13.5. The second kappa shape index (κ2) is 11.4. The molecule has 0 spiro atoms. The molecule has 0 aliphatic rings. The molecule has 0 radical (unpaired) electrons. The fourth-order valence-corrected chi connectivity index (χ4v) is 4.26. The van der Waals surface area contributed by atoms with Gasteiger partial charge in [-0.15, -0.1) is 0 Å². The number of benzene rings is 4. The summed E-state index contributed by atoms with van der Waals surface area (Å²) in [4.78, 5) is 24.5. The standard InChI is InChI=1S/C30H29NO5/c1-20(26-14-5-9-21-8-3-4-13-27(21)26)31-30(34)28-19-25(17-16-22(28)10-6-15-29(32)33)36-24-12-7-11-23(18-24)35-2/h3-5,7-9,11-14,16-20H,6,10,15H2,1-2H3,(H,31,34)(H,32,33)/t20-/m1/s1. The minimum absolute atomic E-state index is 0.0372. The van der Waals surface area contributed by atoms with Gasteiger partial charge >= 0.3 is 5.97 Å². The van der Waals surface area contributed by atoms with Crippen LogP contribution in [-0.2, 0) is 11.2 Å². The van der Waals surface area contributed by atoms with Gasteiger partial charge in [0.1, 0.15) is 17.2 Å². The molecule has 4 aromatic rings. The molecule has 2 N–H and O–H groups in total. The van der Waals surface area contributed by atoms with Crippen LogP contribution in [0.3, 0.4) is 0 Å². The first-order valence-electron chi connectivity index (χ1n) is 11.9. The number of ether oxygens (including phenoxy) is 2. The van der Waals surface area contributed by atoms with Gasteiger partial charge in [-0.05, 0) is 65.9 Å². The third-order valence-electron chi connectivity index (χ3n) is 6.08. The van der Waals surface area contributed by atoms with E-state index in [-0.39, 0.29) is 18.4 Å². The average Bonchev–Trinajstić information content (AvgIpc) is 2.88. The van der Waals surface area contributed by atoms with Gasteiger partial charge in [0, 0.05) is 18.1 Å². The van der Waals surface area contributed by atoms with Gasteiger partial charge in [0.05, 0.1) is 13.2 Å². The predicted molar refractivity (Wildman–Crippen MR) is 140 cm³/mol. The van der Waals surface area contributed by atoms with Gasteiger partial charge in [0.15, 0.2) is 0 Å². The number of amides is 1. The fraction of sp³-hybridized carbons (Fsp3) is 0.200. The number of methoxy groups -OCH3 is 1. The molecule has 0 saturated heterocycles. The van der Waals surface area contributed by atoms with E-state index < -0.39 is 5.97 Å². The van der Waals surface area contributed by atoms with Crippen molar-refractivity contribution in [2.45, 2.75) is 32.2 Å². The maximum absolute atomic E-state index is 13.5. The van der Waals surface area contributed by atoms with E-state index in [1.807, 2.05) is 73.7 Å². The van der Waals surface area contributed by atoms with Crippen LogP contribution < -0.4 is 14.8 Å².